The highest BCUT2D eigenvalue weighted by molar-refractivity contribution is 7.09. The highest BCUT2D eigenvalue weighted by Crippen LogP contribution is 2.11. The predicted molar refractivity (Wildman–Crippen MR) is 76.0 cm³/mol. The highest BCUT2D eigenvalue weighted by atomic mass is 32.1. The molecule has 0 fully saturated rings. The van der Waals surface area contributed by atoms with Crippen LogP contribution in [0.15, 0.2) is 47.8 Å². The van der Waals surface area contributed by atoms with E-state index in [4.69, 9.17) is 0 Å². The molecule has 0 aliphatic rings. The van der Waals surface area contributed by atoms with Gasteiger partial charge in [-0.15, -0.1) is 11.3 Å². The Balaban J connectivity index is 1.79. The summed E-state index contributed by atoms with van der Waals surface area (Å²) in [5.74, 6) is 0.216. The zero-order valence-electron chi connectivity index (χ0n) is 10.5. The molecule has 0 atom stereocenters. The summed E-state index contributed by atoms with van der Waals surface area (Å²) in [7, 11) is 2.05. The van der Waals surface area contributed by atoms with Gasteiger partial charge in [0.25, 0.3) is 0 Å². The maximum atomic E-state index is 11.9. The van der Waals surface area contributed by atoms with Gasteiger partial charge in [0.15, 0.2) is 5.78 Å². The molecule has 0 aliphatic carbocycles. The van der Waals surface area contributed by atoms with Crippen molar-refractivity contribution in [1.29, 1.82) is 0 Å². The van der Waals surface area contributed by atoms with Crippen LogP contribution in [0, 0.1) is 0 Å². The van der Waals surface area contributed by atoms with Crippen LogP contribution >= 0.6 is 11.3 Å². The molecular formula is C15H17NOS. The van der Waals surface area contributed by atoms with Crippen LogP contribution in [0.25, 0.3) is 0 Å². The largest absolute Gasteiger partial charge is 0.301 e. The molecule has 2 rings (SSSR count). The van der Waals surface area contributed by atoms with Gasteiger partial charge in [0.05, 0.1) is 0 Å². The number of ketones is 1. The van der Waals surface area contributed by atoms with Gasteiger partial charge in [-0.2, -0.15) is 0 Å². The third-order valence-corrected chi connectivity index (χ3v) is 3.68. The Morgan fingerprint density at radius 3 is 2.61 bits per heavy atom. The first-order chi connectivity index (χ1) is 8.75. The molecule has 1 aromatic carbocycles. The lowest BCUT2D eigenvalue weighted by molar-refractivity contribution is 0.0968. The van der Waals surface area contributed by atoms with E-state index in [0.29, 0.717) is 6.42 Å². The SMILES string of the molecule is CN(CCC(=O)c1ccccc1)Cc1cccs1. The van der Waals surface area contributed by atoms with Crippen LogP contribution in [0.2, 0.25) is 0 Å². The number of nitrogens with zero attached hydrogens (tertiary/aromatic N) is 1. The molecule has 3 heteroatoms. The van der Waals surface area contributed by atoms with Gasteiger partial charge in [0.2, 0.25) is 0 Å². The quantitative estimate of drug-likeness (QED) is 0.741. The van der Waals surface area contributed by atoms with E-state index in [9.17, 15) is 4.79 Å². The van der Waals surface area contributed by atoms with Crippen molar-refractivity contribution in [2.45, 2.75) is 13.0 Å². The fraction of sp³-hybridized carbons (Fsp3) is 0.267. The van der Waals surface area contributed by atoms with Crippen LogP contribution in [0.4, 0.5) is 0 Å². The van der Waals surface area contributed by atoms with Gasteiger partial charge in [-0.25, -0.2) is 0 Å². The first kappa shape index (κ1) is 13.0. The van der Waals surface area contributed by atoms with Crippen molar-refractivity contribution >= 4 is 17.1 Å². The molecule has 18 heavy (non-hydrogen) atoms. The smallest absolute Gasteiger partial charge is 0.164 e. The second kappa shape index (κ2) is 6.47. The Morgan fingerprint density at radius 1 is 1.17 bits per heavy atom. The van der Waals surface area contributed by atoms with Crippen LogP contribution in [0.5, 0.6) is 0 Å². The van der Waals surface area contributed by atoms with Crippen LogP contribution in [-0.4, -0.2) is 24.3 Å². The van der Waals surface area contributed by atoms with Crippen molar-refractivity contribution in [3.63, 3.8) is 0 Å². The molecule has 0 amide bonds. The van der Waals surface area contributed by atoms with Crippen molar-refractivity contribution in [2.75, 3.05) is 13.6 Å². The lowest BCUT2D eigenvalue weighted by Gasteiger charge is -2.14. The molecule has 0 aliphatic heterocycles. The Kier molecular flexibility index (Phi) is 4.67. The normalized spacial score (nSPS) is 10.8. The number of hydrogen-bond acceptors (Lipinski definition) is 3. The van der Waals surface area contributed by atoms with Gasteiger partial charge in [0, 0.05) is 30.0 Å². The third-order valence-electron chi connectivity index (χ3n) is 2.82. The Hall–Kier alpha value is -1.45. The highest BCUT2D eigenvalue weighted by Gasteiger charge is 2.07. The number of thiophene rings is 1. The predicted octanol–water partition coefficient (Wildman–Crippen LogP) is 3.45. The lowest BCUT2D eigenvalue weighted by Crippen LogP contribution is -2.21. The number of Topliss-reactive ketones (excluding diaryl/α,β-unsaturated/α-hetero) is 1. The Morgan fingerprint density at radius 2 is 1.94 bits per heavy atom. The summed E-state index contributed by atoms with van der Waals surface area (Å²) in [6.45, 7) is 1.71. The maximum absolute atomic E-state index is 11.9. The molecule has 0 saturated heterocycles. The molecule has 0 spiro atoms. The summed E-state index contributed by atoms with van der Waals surface area (Å²) in [4.78, 5) is 15.5. The summed E-state index contributed by atoms with van der Waals surface area (Å²) in [6, 6.07) is 13.7. The molecule has 1 aromatic heterocycles. The van der Waals surface area contributed by atoms with Crippen molar-refractivity contribution in [3.8, 4) is 0 Å². The van der Waals surface area contributed by atoms with Gasteiger partial charge >= 0.3 is 0 Å². The number of rotatable bonds is 6. The van der Waals surface area contributed by atoms with E-state index < -0.39 is 0 Å². The monoisotopic (exact) mass is 259 g/mol. The summed E-state index contributed by atoms with van der Waals surface area (Å²) in [6.07, 6.45) is 0.575. The molecule has 2 aromatic rings. The van der Waals surface area contributed by atoms with E-state index in [-0.39, 0.29) is 5.78 Å². The maximum Gasteiger partial charge on any atom is 0.164 e. The van der Waals surface area contributed by atoms with Crippen LogP contribution in [0.1, 0.15) is 21.7 Å². The number of benzene rings is 1. The molecular weight excluding hydrogens is 242 g/mol. The Labute approximate surface area is 112 Å². The second-order valence-corrected chi connectivity index (χ2v) is 5.39. The first-order valence-electron chi connectivity index (χ1n) is 6.05. The van der Waals surface area contributed by atoms with Crippen molar-refractivity contribution in [1.82, 2.24) is 4.90 Å². The molecule has 0 saturated carbocycles. The molecule has 2 nitrogen and oxygen atoms in total. The minimum atomic E-state index is 0.216. The fourth-order valence-electron chi connectivity index (χ4n) is 1.81. The van der Waals surface area contributed by atoms with Gasteiger partial charge in [-0.1, -0.05) is 36.4 Å². The van der Waals surface area contributed by atoms with Gasteiger partial charge in [-0.05, 0) is 18.5 Å². The van der Waals surface area contributed by atoms with Gasteiger partial charge in [-0.3, -0.25) is 4.79 Å². The Bertz CT molecular complexity index is 478. The zero-order valence-corrected chi connectivity index (χ0v) is 11.3. The number of carbonyl (C=O) groups excluding carboxylic acids is 1. The van der Waals surface area contributed by atoms with E-state index >= 15 is 0 Å². The summed E-state index contributed by atoms with van der Waals surface area (Å²) in [5.41, 5.74) is 0.807. The van der Waals surface area contributed by atoms with Crippen LogP contribution in [0.3, 0.4) is 0 Å². The fourth-order valence-corrected chi connectivity index (χ4v) is 2.59. The third kappa shape index (κ3) is 3.79. The van der Waals surface area contributed by atoms with Gasteiger partial charge in [0.1, 0.15) is 0 Å². The van der Waals surface area contributed by atoms with Crippen molar-refractivity contribution in [3.05, 3.63) is 58.3 Å². The molecule has 0 unspecified atom stereocenters. The molecule has 94 valence electrons. The number of hydrogen-bond donors (Lipinski definition) is 0. The summed E-state index contributed by atoms with van der Waals surface area (Å²) < 4.78 is 0. The minimum Gasteiger partial charge on any atom is -0.301 e. The van der Waals surface area contributed by atoms with Crippen LogP contribution in [-0.2, 0) is 6.54 Å². The van der Waals surface area contributed by atoms with Crippen molar-refractivity contribution < 1.29 is 4.79 Å². The second-order valence-electron chi connectivity index (χ2n) is 4.36. The standard InChI is InChI=1S/C15H17NOS/c1-16(12-14-8-5-11-18-14)10-9-15(17)13-6-3-2-4-7-13/h2-8,11H,9-10,12H2,1H3. The molecule has 0 N–H and O–H groups in total. The van der Waals surface area contributed by atoms with E-state index in [0.717, 1.165) is 18.7 Å². The van der Waals surface area contributed by atoms with E-state index in [1.165, 1.54) is 4.88 Å². The van der Waals surface area contributed by atoms with E-state index in [1.54, 1.807) is 11.3 Å². The van der Waals surface area contributed by atoms with E-state index in [2.05, 4.69) is 29.5 Å². The average Bonchev–Trinajstić information content (AvgIpc) is 2.90. The molecule has 1 heterocycles. The zero-order chi connectivity index (χ0) is 12.8. The van der Waals surface area contributed by atoms with E-state index in [1.807, 2.05) is 30.3 Å². The lowest BCUT2D eigenvalue weighted by atomic mass is 10.1. The first-order valence-corrected chi connectivity index (χ1v) is 6.93. The average molecular weight is 259 g/mol. The summed E-state index contributed by atoms with van der Waals surface area (Å²) in [5, 5.41) is 2.08. The molecule has 0 bridgehead atoms. The van der Waals surface area contributed by atoms with Gasteiger partial charge < -0.3 is 4.90 Å². The summed E-state index contributed by atoms with van der Waals surface area (Å²) >= 11 is 1.76. The van der Waals surface area contributed by atoms with Crippen molar-refractivity contribution in [2.24, 2.45) is 0 Å². The minimum absolute atomic E-state index is 0.216. The number of carbonyl (C=O) groups is 1. The topological polar surface area (TPSA) is 20.3 Å². The van der Waals surface area contributed by atoms with Crippen LogP contribution < -0.4 is 0 Å². The molecule has 0 radical (unpaired) electrons.